The number of ether oxygens (including phenoxy) is 1. The van der Waals surface area contributed by atoms with Crippen LogP contribution in [0.3, 0.4) is 0 Å². The molecule has 2 aliphatic heterocycles. The van der Waals surface area contributed by atoms with Crippen LogP contribution in [0.4, 0.5) is 8.78 Å². The molecule has 5 rings (SSSR count). The third-order valence-electron chi connectivity index (χ3n) is 10.4. The molecular formula is C41H49F2N9O10. The van der Waals surface area contributed by atoms with Gasteiger partial charge < -0.3 is 35.6 Å². The topological polar surface area (TPSA) is 249 Å². The smallest absolute Gasteiger partial charge is 0.317 e. The normalized spacial score (nSPS) is 18.2. The Hall–Kier alpha value is -6.34. The van der Waals surface area contributed by atoms with Crippen molar-refractivity contribution in [1.29, 1.82) is 5.26 Å². The molecule has 1 aromatic heterocycles. The summed E-state index contributed by atoms with van der Waals surface area (Å²) in [6, 6.07) is 14.3. The van der Waals surface area contributed by atoms with Crippen LogP contribution in [0, 0.1) is 11.3 Å². The number of rotatable bonds is 16. The number of carboxylic acid groups (broad SMARTS) is 3. The maximum atomic E-state index is 13.8. The predicted molar refractivity (Wildman–Crippen MR) is 217 cm³/mol. The number of likely N-dealkylation sites (tertiary alicyclic amines) is 1. The van der Waals surface area contributed by atoms with E-state index in [1.54, 1.807) is 45.0 Å². The summed E-state index contributed by atoms with van der Waals surface area (Å²) >= 11 is 0. The van der Waals surface area contributed by atoms with Gasteiger partial charge >= 0.3 is 17.9 Å². The molecule has 3 aromatic rings. The van der Waals surface area contributed by atoms with E-state index in [1.165, 1.54) is 12.3 Å². The number of amides is 3. The number of carbonyl (C=O) groups is 6. The Morgan fingerprint density at radius 3 is 1.82 bits per heavy atom. The lowest BCUT2D eigenvalue weighted by molar-refractivity contribution is -0.140. The van der Waals surface area contributed by atoms with E-state index in [4.69, 9.17) is 4.74 Å². The zero-order chi connectivity index (χ0) is 44.8. The van der Waals surface area contributed by atoms with Crippen LogP contribution in [0.1, 0.15) is 16.8 Å². The van der Waals surface area contributed by atoms with Gasteiger partial charge in [-0.2, -0.15) is 5.26 Å². The summed E-state index contributed by atoms with van der Waals surface area (Å²) in [7, 11) is 0. The van der Waals surface area contributed by atoms with Gasteiger partial charge in [0.15, 0.2) is 0 Å². The summed E-state index contributed by atoms with van der Waals surface area (Å²) in [5, 5.41) is 43.2. The molecule has 2 aliphatic rings. The van der Waals surface area contributed by atoms with Gasteiger partial charge in [0.25, 0.3) is 11.8 Å². The van der Waals surface area contributed by atoms with Gasteiger partial charge in [-0.3, -0.25) is 53.4 Å². The quantitative estimate of drug-likeness (QED) is 0.122. The first kappa shape index (κ1) is 46.7. The average Bonchev–Trinajstić information content (AvgIpc) is 3.55. The molecule has 5 N–H and O–H groups in total. The van der Waals surface area contributed by atoms with Crippen molar-refractivity contribution < 1.29 is 57.6 Å². The second-order valence-electron chi connectivity index (χ2n) is 15.0. The molecule has 2 saturated heterocycles. The number of hydrogen-bond acceptors (Lipinski definition) is 13. The number of carboxylic acids is 3. The van der Waals surface area contributed by atoms with Crippen molar-refractivity contribution in [1.82, 2.24) is 40.1 Å². The van der Waals surface area contributed by atoms with E-state index in [1.807, 2.05) is 23.1 Å². The lowest BCUT2D eigenvalue weighted by Crippen LogP contribution is -2.50. The fourth-order valence-electron chi connectivity index (χ4n) is 7.22. The highest BCUT2D eigenvalue weighted by Crippen LogP contribution is 2.32. The first-order chi connectivity index (χ1) is 29.6. The summed E-state index contributed by atoms with van der Waals surface area (Å²) in [5.74, 6) is -7.51. The van der Waals surface area contributed by atoms with E-state index in [9.17, 15) is 58.1 Å². The molecule has 332 valence electrons. The van der Waals surface area contributed by atoms with E-state index < -0.39 is 61.2 Å². The Labute approximate surface area is 355 Å². The highest BCUT2D eigenvalue weighted by Gasteiger charge is 2.47. The van der Waals surface area contributed by atoms with Crippen molar-refractivity contribution in [3.8, 4) is 22.9 Å². The molecule has 3 heterocycles. The number of nitrogens with one attached hydrogen (secondary N) is 2. The average molecular weight is 866 g/mol. The van der Waals surface area contributed by atoms with Crippen molar-refractivity contribution in [2.24, 2.45) is 0 Å². The minimum Gasteiger partial charge on any atom is -0.492 e. The lowest BCUT2D eigenvalue weighted by Gasteiger charge is -2.32. The molecule has 2 fully saturated rings. The van der Waals surface area contributed by atoms with E-state index in [-0.39, 0.29) is 90.1 Å². The standard InChI is InChI=1S/C41H49F2N9O10/c42-41(43)20-30(21-44)52(27-41)36(54)22-47-40(61)32-7-8-45-34-6-3-29(19-33(32)34)28-1-4-31(5-2-28)62-18-9-46-35(53)23-48-10-12-49(24-37(55)56)14-16-51(26-39(59)60)17-15-50(13-11-48)25-38(57)58/h1-8,19,30H,9-18,20,22-27H2,(H,46,53)(H,47,61)(H,55,56)(H,57,58)(H,59,60)/t30-/m0/s1. The number of fused-ring (bicyclic) bond motifs is 1. The summed E-state index contributed by atoms with van der Waals surface area (Å²) in [6.07, 6.45) is 0.685. The number of carbonyl (C=O) groups excluding carboxylic acids is 3. The number of nitrogens with zero attached hydrogens (tertiary/aromatic N) is 7. The Bertz CT molecular complexity index is 2110. The third kappa shape index (κ3) is 14.1. The van der Waals surface area contributed by atoms with Gasteiger partial charge in [-0.1, -0.05) is 18.2 Å². The van der Waals surface area contributed by atoms with Gasteiger partial charge in [-0.25, -0.2) is 8.78 Å². The predicted octanol–water partition coefficient (Wildman–Crippen LogP) is 0.362. The summed E-state index contributed by atoms with van der Waals surface area (Å²) in [5.41, 5.74) is 2.24. The van der Waals surface area contributed by atoms with E-state index in [0.29, 0.717) is 29.7 Å². The SMILES string of the molecule is N#C[C@@H]1CC(F)(F)CN1C(=O)CNC(=O)c1ccnc2ccc(-c3ccc(OCCNC(=O)CN4CCN(CC(=O)O)CCN(CC(=O)O)CCN(CC(=O)O)CC4)cc3)cc12. The molecule has 19 nitrogen and oxygen atoms in total. The van der Waals surface area contributed by atoms with Crippen molar-refractivity contribution in [3.05, 3.63) is 60.3 Å². The molecule has 0 bridgehead atoms. The van der Waals surface area contributed by atoms with Crippen LogP contribution >= 0.6 is 0 Å². The van der Waals surface area contributed by atoms with Crippen LogP contribution < -0.4 is 15.4 Å². The van der Waals surface area contributed by atoms with Crippen LogP contribution in [-0.2, 0) is 24.0 Å². The van der Waals surface area contributed by atoms with Gasteiger partial charge in [0.05, 0.1) is 63.0 Å². The molecule has 2 aromatic carbocycles. The monoisotopic (exact) mass is 865 g/mol. The van der Waals surface area contributed by atoms with Crippen molar-refractivity contribution in [2.45, 2.75) is 18.4 Å². The maximum Gasteiger partial charge on any atom is 0.317 e. The number of nitriles is 1. The minimum atomic E-state index is -3.18. The van der Waals surface area contributed by atoms with Crippen LogP contribution in [0.2, 0.25) is 0 Å². The number of aromatic nitrogens is 1. The molecule has 0 saturated carbocycles. The van der Waals surface area contributed by atoms with Crippen LogP contribution in [0.5, 0.6) is 5.75 Å². The molecule has 0 unspecified atom stereocenters. The molecule has 1 atom stereocenters. The summed E-state index contributed by atoms with van der Waals surface area (Å²) < 4.78 is 33.5. The van der Waals surface area contributed by atoms with Crippen molar-refractivity contribution in [2.75, 3.05) is 105 Å². The number of pyridine rings is 1. The Morgan fingerprint density at radius 1 is 0.758 bits per heavy atom. The van der Waals surface area contributed by atoms with Crippen molar-refractivity contribution >= 4 is 46.5 Å². The highest BCUT2D eigenvalue weighted by molar-refractivity contribution is 6.07. The molecule has 3 amide bonds. The van der Waals surface area contributed by atoms with E-state index >= 15 is 0 Å². The van der Waals surface area contributed by atoms with E-state index in [2.05, 4.69) is 15.6 Å². The van der Waals surface area contributed by atoms with Gasteiger partial charge in [0.2, 0.25) is 11.8 Å². The van der Waals surface area contributed by atoms with Gasteiger partial charge in [0.1, 0.15) is 18.4 Å². The summed E-state index contributed by atoms with van der Waals surface area (Å²) in [4.78, 5) is 85.3. The molecular weight excluding hydrogens is 816 g/mol. The number of alkyl halides is 2. The van der Waals surface area contributed by atoms with Gasteiger partial charge in [-0.15, -0.1) is 0 Å². The zero-order valence-corrected chi connectivity index (χ0v) is 33.9. The molecule has 21 heteroatoms. The molecule has 62 heavy (non-hydrogen) atoms. The first-order valence-corrected chi connectivity index (χ1v) is 19.9. The highest BCUT2D eigenvalue weighted by atomic mass is 19.3. The Balaban J connectivity index is 1.13. The number of benzene rings is 2. The Morgan fingerprint density at radius 2 is 1.29 bits per heavy atom. The van der Waals surface area contributed by atoms with Gasteiger partial charge in [0, 0.05) is 70.4 Å². The maximum absolute atomic E-state index is 13.8. The van der Waals surface area contributed by atoms with Crippen LogP contribution in [-0.4, -0.2) is 197 Å². The number of hydrogen-bond donors (Lipinski definition) is 5. The van der Waals surface area contributed by atoms with Crippen molar-refractivity contribution in [3.63, 3.8) is 0 Å². The van der Waals surface area contributed by atoms with Gasteiger partial charge in [-0.05, 0) is 41.5 Å². The zero-order valence-electron chi connectivity index (χ0n) is 33.9. The molecule has 0 radical (unpaired) electrons. The molecule has 0 aliphatic carbocycles. The van der Waals surface area contributed by atoms with Crippen LogP contribution in [0.15, 0.2) is 54.7 Å². The molecule has 0 spiro atoms. The largest absolute Gasteiger partial charge is 0.492 e. The second-order valence-corrected chi connectivity index (χ2v) is 15.0. The van der Waals surface area contributed by atoms with E-state index in [0.717, 1.165) is 16.0 Å². The van der Waals surface area contributed by atoms with Crippen LogP contribution in [0.25, 0.3) is 22.0 Å². The lowest BCUT2D eigenvalue weighted by atomic mass is 10.0. The first-order valence-electron chi connectivity index (χ1n) is 19.9. The second kappa shape index (κ2) is 22.0. The number of halogens is 2. The number of aliphatic carboxylic acids is 3. The summed E-state index contributed by atoms with van der Waals surface area (Å²) in [6.45, 7) is 0.252. The fraction of sp³-hybridized carbons (Fsp3) is 0.463. The minimum absolute atomic E-state index is 0.0344. The Kier molecular flexibility index (Phi) is 16.5. The third-order valence-corrected chi connectivity index (χ3v) is 10.4. The fourth-order valence-corrected chi connectivity index (χ4v) is 7.22.